The van der Waals surface area contributed by atoms with Gasteiger partial charge in [0.25, 0.3) is 0 Å². The molecule has 1 aliphatic heterocycles. The van der Waals surface area contributed by atoms with Gasteiger partial charge in [-0.25, -0.2) is 0 Å². The monoisotopic (exact) mass is 208 g/mol. The van der Waals surface area contributed by atoms with Crippen LogP contribution in [-0.2, 0) is 11.2 Å². The molecule has 82 valence electrons. The zero-order chi connectivity index (χ0) is 10.5. The Labute approximate surface area is 88.6 Å². The van der Waals surface area contributed by atoms with Crippen LogP contribution in [0.3, 0.4) is 0 Å². The zero-order valence-electron chi connectivity index (χ0n) is 8.62. The minimum Gasteiger partial charge on any atom is -0.354 e. The summed E-state index contributed by atoms with van der Waals surface area (Å²) >= 11 is 0. The van der Waals surface area contributed by atoms with Crippen LogP contribution in [0.4, 0.5) is 0 Å². The Morgan fingerprint density at radius 2 is 2.60 bits per heavy atom. The molecule has 0 saturated carbocycles. The van der Waals surface area contributed by atoms with Gasteiger partial charge in [0.1, 0.15) is 0 Å². The number of aromatic nitrogens is 2. The molecule has 1 saturated heterocycles. The van der Waals surface area contributed by atoms with Gasteiger partial charge in [-0.15, -0.1) is 0 Å². The molecule has 5 heteroatoms. The first-order chi connectivity index (χ1) is 7.36. The maximum atomic E-state index is 11.6. The summed E-state index contributed by atoms with van der Waals surface area (Å²) in [6.45, 7) is 1.64. The summed E-state index contributed by atoms with van der Waals surface area (Å²) in [5.74, 6) is 0.121. The smallest absolute Gasteiger partial charge is 0.237 e. The first-order valence-corrected chi connectivity index (χ1v) is 5.35. The molecule has 1 aromatic rings. The number of aromatic amines is 1. The Hall–Kier alpha value is -1.36. The van der Waals surface area contributed by atoms with Crippen LogP contribution < -0.4 is 10.6 Å². The van der Waals surface area contributed by atoms with E-state index in [-0.39, 0.29) is 11.9 Å². The Morgan fingerprint density at radius 1 is 1.67 bits per heavy atom. The second-order valence-electron chi connectivity index (χ2n) is 3.80. The lowest BCUT2D eigenvalue weighted by Crippen LogP contribution is -2.41. The third-order valence-corrected chi connectivity index (χ3v) is 2.64. The van der Waals surface area contributed by atoms with E-state index in [1.54, 1.807) is 6.20 Å². The van der Waals surface area contributed by atoms with Gasteiger partial charge >= 0.3 is 0 Å². The number of carbonyl (C=O) groups excluding carboxylic acids is 1. The molecule has 1 aromatic heterocycles. The zero-order valence-corrected chi connectivity index (χ0v) is 8.62. The van der Waals surface area contributed by atoms with Crippen LogP contribution in [0.25, 0.3) is 0 Å². The van der Waals surface area contributed by atoms with Crippen molar-refractivity contribution in [2.24, 2.45) is 0 Å². The van der Waals surface area contributed by atoms with Crippen LogP contribution >= 0.6 is 0 Å². The van der Waals surface area contributed by atoms with E-state index in [2.05, 4.69) is 20.8 Å². The summed E-state index contributed by atoms with van der Waals surface area (Å²) in [5.41, 5.74) is 1.12. The summed E-state index contributed by atoms with van der Waals surface area (Å²) in [6.07, 6.45) is 6.51. The van der Waals surface area contributed by atoms with Gasteiger partial charge in [0.05, 0.1) is 12.2 Å². The molecule has 1 fully saturated rings. The molecule has 0 spiro atoms. The summed E-state index contributed by atoms with van der Waals surface area (Å²) in [7, 11) is 0. The molecule has 2 heterocycles. The van der Waals surface area contributed by atoms with E-state index < -0.39 is 0 Å². The molecule has 0 radical (unpaired) electrons. The van der Waals surface area contributed by atoms with Crippen molar-refractivity contribution < 1.29 is 4.79 Å². The number of hydrogen-bond acceptors (Lipinski definition) is 3. The number of carbonyl (C=O) groups is 1. The highest BCUT2D eigenvalue weighted by Gasteiger charge is 2.21. The Bertz CT molecular complexity index is 303. The maximum absolute atomic E-state index is 11.6. The molecule has 2 rings (SSSR count). The fourth-order valence-electron chi connectivity index (χ4n) is 1.78. The van der Waals surface area contributed by atoms with E-state index in [4.69, 9.17) is 0 Å². The number of nitrogens with zero attached hydrogens (tertiary/aromatic N) is 1. The van der Waals surface area contributed by atoms with Gasteiger partial charge in [-0.05, 0) is 31.4 Å². The van der Waals surface area contributed by atoms with Crippen molar-refractivity contribution in [2.75, 3.05) is 13.1 Å². The standard InChI is InChI=1S/C10H16N4O/c15-10(9-2-1-4-11-9)12-5-3-8-6-13-14-7-8/h6-7,9,11H,1-5H2,(H,12,15)(H,13,14)/t9-/m1/s1. The van der Waals surface area contributed by atoms with Crippen molar-refractivity contribution in [3.05, 3.63) is 18.0 Å². The van der Waals surface area contributed by atoms with Gasteiger partial charge in [-0.3, -0.25) is 9.89 Å². The molecule has 0 bridgehead atoms. The first-order valence-electron chi connectivity index (χ1n) is 5.35. The van der Waals surface area contributed by atoms with Crippen molar-refractivity contribution in [3.8, 4) is 0 Å². The van der Waals surface area contributed by atoms with Crippen LogP contribution in [0.5, 0.6) is 0 Å². The third kappa shape index (κ3) is 2.79. The minimum absolute atomic E-state index is 0.0225. The number of amides is 1. The fourth-order valence-corrected chi connectivity index (χ4v) is 1.78. The lowest BCUT2D eigenvalue weighted by Gasteiger charge is -2.10. The van der Waals surface area contributed by atoms with Gasteiger partial charge in [-0.2, -0.15) is 5.10 Å². The molecule has 5 nitrogen and oxygen atoms in total. The summed E-state index contributed by atoms with van der Waals surface area (Å²) in [6, 6.07) is 0.0225. The van der Waals surface area contributed by atoms with E-state index in [1.807, 2.05) is 6.20 Å². The highest BCUT2D eigenvalue weighted by molar-refractivity contribution is 5.81. The number of H-pyrrole nitrogens is 1. The van der Waals surface area contributed by atoms with Crippen molar-refractivity contribution in [3.63, 3.8) is 0 Å². The molecular weight excluding hydrogens is 192 g/mol. The molecule has 0 aromatic carbocycles. The lowest BCUT2D eigenvalue weighted by atomic mass is 10.2. The number of rotatable bonds is 4. The van der Waals surface area contributed by atoms with Crippen LogP contribution in [0.2, 0.25) is 0 Å². The summed E-state index contributed by atoms with van der Waals surface area (Å²) in [5, 5.41) is 12.7. The predicted octanol–water partition coefficient (Wildman–Crippen LogP) is -0.180. The Balaban J connectivity index is 1.67. The highest BCUT2D eigenvalue weighted by atomic mass is 16.2. The Kier molecular flexibility index (Phi) is 3.34. The van der Waals surface area contributed by atoms with Crippen molar-refractivity contribution in [1.82, 2.24) is 20.8 Å². The van der Waals surface area contributed by atoms with Crippen molar-refractivity contribution in [2.45, 2.75) is 25.3 Å². The molecule has 1 aliphatic rings. The molecule has 15 heavy (non-hydrogen) atoms. The molecule has 0 aliphatic carbocycles. The van der Waals surface area contributed by atoms with Crippen LogP contribution in [0.15, 0.2) is 12.4 Å². The van der Waals surface area contributed by atoms with E-state index >= 15 is 0 Å². The number of nitrogens with one attached hydrogen (secondary N) is 3. The van der Waals surface area contributed by atoms with Crippen molar-refractivity contribution in [1.29, 1.82) is 0 Å². The normalized spacial score (nSPS) is 20.4. The lowest BCUT2D eigenvalue weighted by molar-refractivity contribution is -0.122. The van der Waals surface area contributed by atoms with Gasteiger partial charge in [0.2, 0.25) is 5.91 Å². The first kappa shape index (κ1) is 10.2. The topological polar surface area (TPSA) is 69.8 Å². The van der Waals surface area contributed by atoms with Gasteiger partial charge in [-0.1, -0.05) is 0 Å². The minimum atomic E-state index is 0.0225. The molecular formula is C10H16N4O. The third-order valence-electron chi connectivity index (χ3n) is 2.64. The van der Waals surface area contributed by atoms with Gasteiger partial charge < -0.3 is 10.6 Å². The molecule has 1 atom stereocenters. The summed E-state index contributed by atoms with van der Waals surface area (Å²) < 4.78 is 0. The van der Waals surface area contributed by atoms with E-state index in [0.717, 1.165) is 31.4 Å². The summed E-state index contributed by atoms with van der Waals surface area (Å²) in [4.78, 5) is 11.6. The van der Waals surface area contributed by atoms with E-state index in [1.165, 1.54) is 0 Å². The van der Waals surface area contributed by atoms with Gasteiger partial charge in [0, 0.05) is 12.7 Å². The van der Waals surface area contributed by atoms with E-state index in [9.17, 15) is 4.79 Å². The fraction of sp³-hybridized carbons (Fsp3) is 0.600. The Morgan fingerprint density at radius 3 is 3.27 bits per heavy atom. The highest BCUT2D eigenvalue weighted by Crippen LogP contribution is 2.04. The molecule has 0 unspecified atom stereocenters. The van der Waals surface area contributed by atoms with E-state index in [0.29, 0.717) is 6.54 Å². The van der Waals surface area contributed by atoms with Crippen LogP contribution in [0.1, 0.15) is 18.4 Å². The van der Waals surface area contributed by atoms with Crippen molar-refractivity contribution >= 4 is 5.91 Å². The average molecular weight is 208 g/mol. The van der Waals surface area contributed by atoms with Gasteiger partial charge in [0.15, 0.2) is 0 Å². The molecule has 1 amide bonds. The predicted molar refractivity (Wildman–Crippen MR) is 56.3 cm³/mol. The number of hydrogen-bond donors (Lipinski definition) is 3. The SMILES string of the molecule is O=C(NCCc1cn[nH]c1)[C@H]1CCCN1. The molecule has 3 N–H and O–H groups in total. The van der Waals surface area contributed by atoms with Crippen LogP contribution in [-0.4, -0.2) is 35.2 Å². The largest absolute Gasteiger partial charge is 0.354 e. The average Bonchev–Trinajstić information content (AvgIpc) is 2.90. The second kappa shape index (κ2) is 4.93. The maximum Gasteiger partial charge on any atom is 0.237 e. The second-order valence-corrected chi connectivity index (χ2v) is 3.80. The van der Waals surface area contributed by atoms with Crippen LogP contribution in [0, 0.1) is 0 Å². The quantitative estimate of drug-likeness (QED) is 0.643.